The van der Waals surface area contributed by atoms with Gasteiger partial charge in [0.15, 0.2) is 17.4 Å². The summed E-state index contributed by atoms with van der Waals surface area (Å²) in [6.45, 7) is 0.408. The first-order chi connectivity index (χ1) is 10.4. The number of methoxy groups -OCH3 is 2. The van der Waals surface area contributed by atoms with Gasteiger partial charge >= 0.3 is 0 Å². The lowest BCUT2D eigenvalue weighted by Gasteiger charge is -2.43. The van der Waals surface area contributed by atoms with Gasteiger partial charge in [-0.1, -0.05) is 6.07 Å². The highest BCUT2D eigenvalue weighted by molar-refractivity contribution is 5.79. The summed E-state index contributed by atoms with van der Waals surface area (Å²) in [7, 11) is 2.87. The Kier molecular flexibility index (Phi) is 5.10. The molecule has 1 aromatic rings. The van der Waals surface area contributed by atoms with Gasteiger partial charge in [-0.15, -0.1) is 0 Å². The van der Waals surface area contributed by atoms with Crippen LogP contribution in [-0.2, 0) is 20.7 Å². The third kappa shape index (κ3) is 3.26. The zero-order valence-electron chi connectivity index (χ0n) is 12.5. The number of hydrogen-bond acceptors (Lipinski definition) is 4. The van der Waals surface area contributed by atoms with Crippen molar-refractivity contribution in [3.05, 3.63) is 35.4 Å². The fourth-order valence-electron chi connectivity index (χ4n) is 2.62. The van der Waals surface area contributed by atoms with Crippen LogP contribution in [0.1, 0.15) is 12.0 Å². The highest BCUT2D eigenvalue weighted by Gasteiger charge is 2.44. The number of carbonyl (C=O) groups is 1. The van der Waals surface area contributed by atoms with Crippen LogP contribution in [-0.4, -0.2) is 55.1 Å². The molecular formula is C15H19F2NO4. The molecule has 1 saturated heterocycles. The zero-order chi connectivity index (χ0) is 16.3. The molecule has 0 aromatic heterocycles. The molecule has 122 valence electrons. The minimum atomic E-state index is -1.11. The Hall–Kier alpha value is -1.57. The van der Waals surface area contributed by atoms with E-state index >= 15 is 0 Å². The lowest BCUT2D eigenvalue weighted by molar-refractivity contribution is -0.277. The standard InChI is InChI=1S/C15H19F2NO4/c1-21-15(22-2)5-6-18(9-13(15)19)14(20)8-10-3-4-11(16)12(17)7-10/h3-4,7,13,19H,5-6,8-9H2,1-2H3. The lowest BCUT2D eigenvalue weighted by Crippen LogP contribution is -2.58. The van der Waals surface area contributed by atoms with E-state index in [1.54, 1.807) is 0 Å². The van der Waals surface area contributed by atoms with E-state index in [1.807, 2.05) is 0 Å². The second kappa shape index (κ2) is 6.68. The molecule has 2 rings (SSSR count). The molecular weight excluding hydrogens is 296 g/mol. The fraction of sp³-hybridized carbons (Fsp3) is 0.533. The van der Waals surface area contributed by atoms with Gasteiger partial charge in [0.05, 0.1) is 13.0 Å². The Labute approximate surface area is 127 Å². The van der Waals surface area contributed by atoms with Gasteiger partial charge in [0, 0.05) is 27.2 Å². The first-order valence-corrected chi connectivity index (χ1v) is 6.92. The maximum atomic E-state index is 13.2. The third-order valence-corrected chi connectivity index (χ3v) is 4.01. The Morgan fingerprint density at radius 3 is 2.59 bits per heavy atom. The number of carbonyl (C=O) groups excluding carboxylic acids is 1. The Bertz CT molecular complexity index is 548. The molecule has 1 fully saturated rings. The van der Waals surface area contributed by atoms with Gasteiger partial charge in [-0.05, 0) is 17.7 Å². The molecule has 1 unspecified atom stereocenters. The molecule has 0 aliphatic carbocycles. The van der Waals surface area contributed by atoms with Gasteiger partial charge in [-0.2, -0.15) is 0 Å². The molecule has 5 nitrogen and oxygen atoms in total. The molecule has 1 amide bonds. The number of ether oxygens (including phenoxy) is 2. The highest BCUT2D eigenvalue weighted by Crippen LogP contribution is 2.27. The molecule has 7 heteroatoms. The van der Waals surface area contributed by atoms with E-state index < -0.39 is 23.5 Å². The van der Waals surface area contributed by atoms with Crippen LogP contribution < -0.4 is 0 Å². The number of likely N-dealkylation sites (tertiary alicyclic amines) is 1. The minimum Gasteiger partial charge on any atom is -0.386 e. The number of benzene rings is 1. The van der Waals surface area contributed by atoms with Crippen LogP contribution in [0.4, 0.5) is 8.78 Å². The van der Waals surface area contributed by atoms with Crippen LogP contribution >= 0.6 is 0 Å². The highest BCUT2D eigenvalue weighted by atomic mass is 19.2. The van der Waals surface area contributed by atoms with Crippen LogP contribution in [0.3, 0.4) is 0 Å². The van der Waals surface area contributed by atoms with Crippen LogP contribution in [0.2, 0.25) is 0 Å². The van der Waals surface area contributed by atoms with Crippen LogP contribution in [0.25, 0.3) is 0 Å². The Morgan fingerprint density at radius 1 is 1.36 bits per heavy atom. The second-order valence-corrected chi connectivity index (χ2v) is 5.25. The predicted molar refractivity (Wildman–Crippen MR) is 74.0 cm³/mol. The van der Waals surface area contributed by atoms with Gasteiger partial charge in [0.25, 0.3) is 0 Å². The molecule has 0 saturated carbocycles. The van der Waals surface area contributed by atoms with Crippen molar-refractivity contribution in [2.24, 2.45) is 0 Å². The number of amides is 1. The van der Waals surface area contributed by atoms with E-state index in [0.717, 1.165) is 12.1 Å². The molecule has 1 atom stereocenters. The van der Waals surface area contributed by atoms with Crippen molar-refractivity contribution in [2.75, 3.05) is 27.3 Å². The van der Waals surface area contributed by atoms with Gasteiger partial charge < -0.3 is 19.5 Å². The molecule has 22 heavy (non-hydrogen) atoms. The van der Waals surface area contributed by atoms with E-state index in [1.165, 1.54) is 25.2 Å². The summed E-state index contributed by atoms with van der Waals surface area (Å²) in [6.07, 6.45) is -0.716. The Morgan fingerprint density at radius 2 is 2.05 bits per heavy atom. The maximum absolute atomic E-state index is 13.2. The molecule has 1 aliphatic rings. The molecule has 1 heterocycles. The van der Waals surface area contributed by atoms with E-state index in [9.17, 15) is 18.7 Å². The van der Waals surface area contributed by atoms with Crippen LogP contribution in [0, 0.1) is 11.6 Å². The van der Waals surface area contributed by atoms with Gasteiger partial charge in [0.1, 0.15) is 6.10 Å². The first-order valence-electron chi connectivity index (χ1n) is 6.92. The van der Waals surface area contributed by atoms with E-state index in [2.05, 4.69) is 0 Å². The number of halogens is 2. The molecule has 1 aliphatic heterocycles. The zero-order valence-corrected chi connectivity index (χ0v) is 12.5. The number of nitrogens with zero attached hydrogens (tertiary/aromatic N) is 1. The number of rotatable bonds is 4. The summed E-state index contributed by atoms with van der Waals surface area (Å²) in [5, 5.41) is 10.1. The van der Waals surface area contributed by atoms with Crippen molar-refractivity contribution in [1.82, 2.24) is 4.90 Å². The molecule has 0 bridgehead atoms. The molecule has 1 N–H and O–H groups in total. The van der Waals surface area contributed by atoms with Crippen LogP contribution in [0.5, 0.6) is 0 Å². The predicted octanol–water partition coefficient (Wildman–Crippen LogP) is 1.09. The average molecular weight is 315 g/mol. The second-order valence-electron chi connectivity index (χ2n) is 5.25. The summed E-state index contributed by atoms with van der Waals surface area (Å²) in [5.74, 6) is -3.32. The van der Waals surface area contributed by atoms with Crippen molar-refractivity contribution in [1.29, 1.82) is 0 Å². The van der Waals surface area contributed by atoms with Crippen molar-refractivity contribution < 1.29 is 28.2 Å². The topological polar surface area (TPSA) is 59.0 Å². The number of β-amino-alcohol motifs (C(OH)–C–C–N with tert-alkyl or cyclic N) is 1. The van der Waals surface area contributed by atoms with Crippen molar-refractivity contribution in [2.45, 2.75) is 24.7 Å². The van der Waals surface area contributed by atoms with Crippen molar-refractivity contribution in [3.63, 3.8) is 0 Å². The smallest absolute Gasteiger partial charge is 0.227 e. The summed E-state index contributed by atoms with van der Waals surface area (Å²) in [6, 6.07) is 3.36. The summed E-state index contributed by atoms with van der Waals surface area (Å²) in [5.41, 5.74) is 0.383. The average Bonchev–Trinajstić information content (AvgIpc) is 2.51. The number of aliphatic hydroxyl groups is 1. The van der Waals surface area contributed by atoms with E-state index in [-0.39, 0.29) is 18.9 Å². The number of aliphatic hydroxyl groups excluding tert-OH is 1. The van der Waals surface area contributed by atoms with Gasteiger partial charge in [-0.25, -0.2) is 8.78 Å². The normalized spacial score (nSPS) is 21.0. The molecule has 0 radical (unpaired) electrons. The lowest BCUT2D eigenvalue weighted by atomic mass is 9.99. The monoisotopic (exact) mass is 315 g/mol. The maximum Gasteiger partial charge on any atom is 0.227 e. The number of hydrogen-bond donors (Lipinski definition) is 1. The van der Waals surface area contributed by atoms with Crippen molar-refractivity contribution >= 4 is 5.91 Å². The summed E-state index contributed by atoms with van der Waals surface area (Å²) in [4.78, 5) is 13.7. The molecule has 1 aromatic carbocycles. The quantitative estimate of drug-likeness (QED) is 0.845. The van der Waals surface area contributed by atoms with Gasteiger partial charge in [0.2, 0.25) is 5.91 Å². The molecule has 0 spiro atoms. The van der Waals surface area contributed by atoms with E-state index in [4.69, 9.17) is 9.47 Å². The van der Waals surface area contributed by atoms with Crippen LogP contribution in [0.15, 0.2) is 18.2 Å². The summed E-state index contributed by atoms with van der Waals surface area (Å²) >= 11 is 0. The van der Waals surface area contributed by atoms with E-state index in [0.29, 0.717) is 18.5 Å². The SMILES string of the molecule is COC1(OC)CCN(C(=O)Cc2ccc(F)c(F)c2)CC1O. The summed E-state index contributed by atoms with van der Waals surface area (Å²) < 4.78 is 36.5. The van der Waals surface area contributed by atoms with Gasteiger partial charge in [-0.3, -0.25) is 4.79 Å². The van der Waals surface area contributed by atoms with Crippen molar-refractivity contribution in [3.8, 4) is 0 Å². The minimum absolute atomic E-state index is 0.0586. The number of piperidine rings is 1. The largest absolute Gasteiger partial charge is 0.386 e. The third-order valence-electron chi connectivity index (χ3n) is 4.01. The first kappa shape index (κ1) is 16.8. The fourth-order valence-corrected chi connectivity index (χ4v) is 2.62. The Balaban J connectivity index is 2.01.